The smallest absolute Gasteiger partial charge is 0.283 e. The molecule has 1 aromatic heterocycles. The summed E-state index contributed by atoms with van der Waals surface area (Å²) in [6, 6.07) is 0. The second-order valence-corrected chi connectivity index (χ2v) is 5.11. The molecule has 0 bridgehead atoms. The number of hydrogen-bond donors (Lipinski definition) is 3. The molecule has 1 atom stereocenters. The molecule has 0 aliphatic heterocycles. The van der Waals surface area contributed by atoms with Crippen LogP contribution in [0.4, 0.5) is 5.69 Å². The van der Waals surface area contributed by atoms with Crippen molar-refractivity contribution in [2.24, 2.45) is 5.92 Å². The van der Waals surface area contributed by atoms with Crippen LogP contribution in [0.1, 0.15) is 13.8 Å². The fourth-order valence-electron chi connectivity index (χ4n) is 1.29. The van der Waals surface area contributed by atoms with E-state index in [1.165, 1.54) is 10.9 Å². The van der Waals surface area contributed by atoms with E-state index in [0.29, 0.717) is 16.7 Å². The highest BCUT2D eigenvalue weighted by Gasteiger charge is 2.12. The van der Waals surface area contributed by atoms with E-state index < -0.39 is 6.10 Å². The minimum atomic E-state index is -0.489. The summed E-state index contributed by atoms with van der Waals surface area (Å²) in [6.07, 6.45) is 1.01. The van der Waals surface area contributed by atoms with Crippen LogP contribution in [-0.2, 0) is 6.54 Å². The molecule has 3 N–H and O–H groups in total. The van der Waals surface area contributed by atoms with Gasteiger partial charge in [0.2, 0.25) is 0 Å². The zero-order chi connectivity index (χ0) is 13.7. The highest BCUT2D eigenvalue weighted by Crippen LogP contribution is 2.16. The Bertz CT molecular complexity index is 448. The molecule has 0 saturated heterocycles. The molecule has 7 heteroatoms. The molecule has 1 aromatic rings. The molecular weight excluding hydrogens is 302 g/mol. The molecule has 1 rings (SSSR count). The van der Waals surface area contributed by atoms with E-state index in [2.05, 4.69) is 26.3 Å². The lowest BCUT2D eigenvalue weighted by Gasteiger charge is -2.16. The summed E-state index contributed by atoms with van der Waals surface area (Å²) >= 11 is 3.19. The molecule has 6 nitrogen and oxygen atoms in total. The number of aliphatic hydroxyl groups excluding tert-OH is 2. The van der Waals surface area contributed by atoms with Crippen molar-refractivity contribution in [3.63, 3.8) is 0 Å². The monoisotopic (exact) mass is 319 g/mol. The van der Waals surface area contributed by atoms with Crippen LogP contribution in [0.25, 0.3) is 0 Å². The van der Waals surface area contributed by atoms with Crippen LogP contribution < -0.4 is 10.9 Å². The van der Waals surface area contributed by atoms with Crippen LogP contribution in [0.15, 0.2) is 15.5 Å². The molecule has 1 heterocycles. The first-order valence-corrected chi connectivity index (χ1v) is 6.55. The third-order valence-corrected chi connectivity index (χ3v) is 3.33. The molecule has 0 spiro atoms. The van der Waals surface area contributed by atoms with Crippen molar-refractivity contribution in [1.82, 2.24) is 9.78 Å². The molecule has 0 aliphatic carbocycles. The van der Waals surface area contributed by atoms with E-state index in [1.54, 1.807) is 0 Å². The van der Waals surface area contributed by atoms with Crippen molar-refractivity contribution < 1.29 is 10.2 Å². The van der Waals surface area contributed by atoms with E-state index >= 15 is 0 Å². The van der Waals surface area contributed by atoms with Crippen molar-refractivity contribution >= 4 is 21.6 Å². The minimum Gasteiger partial charge on any atom is -0.394 e. The maximum absolute atomic E-state index is 11.8. The topological polar surface area (TPSA) is 87.4 Å². The largest absolute Gasteiger partial charge is 0.394 e. The Kier molecular flexibility index (Phi) is 5.77. The zero-order valence-corrected chi connectivity index (χ0v) is 12.0. The van der Waals surface area contributed by atoms with Gasteiger partial charge < -0.3 is 15.5 Å². The summed E-state index contributed by atoms with van der Waals surface area (Å²) in [5.74, 6) is 0.138. The molecule has 0 aromatic carbocycles. The van der Waals surface area contributed by atoms with E-state index in [1.807, 2.05) is 13.8 Å². The number of anilines is 1. The number of hydrogen-bond acceptors (Lipinski definition) is 5. The zero-order valence-electron chi connectivity index (χ0n) is 10.4. The predicted octanol–water partition coefficient (Wildman–Crippen LogP) is 0.427. The van der Waals surface area contributed by atoms with E-state index in [4.69, 9.17) is 5.11 Å². The van der Waals surface area contributed by atoms with Crippen LogP contribution in [-0.4, -0.2) is 39.2 Å². The quantitative estimate of drug-likeness (QED) is 0.707. The highest BCUT2D eigenvalue weighted by molar-refractivity contribution is 9.10. The summed E-state index contributed by atoms with van der Waals surface area (Å²) in [5.41, 5.74) is 0.224. The minimum absolute atomic E-state index is 0.138. The molecule has 0 aliphatic rings. The number of nitrogens with one attached hydrogen (secondary N) is 1. The number of halogens is 1. The van der Waals surface area contributed by atoms with E-state index in [0.717, 1.165) is 0 Å². The Morgan fingerprint density at radius 3 is 2.78 bits per heavy atom. The number of rotatable bonds is 6. The van der Waals surface area contributed by atoms with Crippen molar-refractivity contribution in [2.75, 3.05) is 18.5 Å². The van der Waals surface area contributed by atoms with Crippen molar-refractivity contribution in [2.45, 2.75) is 26.5 Å². The molecule has 102 valence electrons. The lowest BCUT2D eigenvalue weighted by atomic mass is 10.1. The number of aliphatic hydroxyl groups is 2. The normalized spacial score (nSPS) is 12.8. The fraction of sp³-hybridized carbons (Fsp3) is 0.636. The van der Waals surface area contributed by atoms with Gasteiger partial charge in [-0.15, -0.1) is 0 Å². The fourth-order valence-corrected chi connectivity index (χ4v) is 1.74. The Hall–Kier alpha value is -0.920. The molecule has 18 heavy (non-hydrogen) atoms. The second kappa shape index (κ2) is 6.86. The number of aromatic nitrogens is 2. The standard InChI is InChI=1S/C11H18BrN3O3/c1-7(2)9(17)6-13-8-5-14-15(3-4-16)11(18)10(8)12/h5,7,9,13,16-17H,3-4,6H2,1-2H3. The van der Waals surface area contributed by atoms with Gasteiger partial charge in [-0.3, -0.25) is 4.79 Å². The van der Waals surface area contributed by atoms with Crippen LogP contribution >= 0.6 is 15.9 Å². The summed E-state index contributed by atoms with van der Waals surface area (Å²) in [5, 5.41) is 25.3. The Balaban J connectivity index is 2.79. The van der Waals surface area contributed by atoms with Crippen molar-refractivity contribution in [1.29, 1.82) is 0 Å². The van der Waals surface area contributed by atoms with Crippen LogP contribution in [0.5, 0.6) is 0 Å². The van der Waals surface area contributed by atoms with E-state index in [9.17, 15) is 9.90 Å². The van der Waals surface area contributed by atoms with Gasteiger partial charge in [0.05, 0.1) is 31.1 Å². The Labute approximate surface area is 114 Å². The van der Waals surface area contributed by atoms with Gasteiger partial charge in [0.15, 0.2) is 0 Å². The summed E-state index contributed by atoms with van der Waals surface area (Å²) < 4.78 is 1.52. The highest BCUT2D eigenvalue weighted by atomic mass is 79.9. The first-order valence-electron chi connectivity index (χ1n) is 5.75. The maximum atomic E-state index is 11.8. The lowest BCUT2D eigenvalue weighted by molar-refractivity contribution is 0.138. The second-order valence-electron chi connectivity index (χ2n) is 4.32. The average molecular weight is 320 g/mol. The maximum Gasteiger partial charge on any atom is 0.283 e. The van der Waals surface area contributed by atoms with Gasteiger partial charge in [-0.05, 0) is 21.8 Å². The summed E-state index contributed by atoms with van der Waals surface area (Å²) in [7, 11) is 0. The lowest BCUT2D eigenvalue weighted by Crippen LogP contribution is -2.28. The first-order chi connectivity index (χ1) is 8.47. The van der Waals surface area contributed by atoms with Gasteiger partial charge in [-0.1, -0.05) is 13.8 Å². The summed E-state index contributed by atoms with van der Waals surface area (Å²) in [4.78, 5) is 11.8. The van der Waals surface area contributed by atoms with Gasteiger partial charge in [0.1, 0.15) is 4.47 Å². The molecule has 1 unspecified atom stereocenters. The predicted molar refractivity (Wildman–Crippen MR) is 72.6 cm³/mol. The van der Waals surface area contributed by atoms with Crippen LogP contribution in [0.3, 0.4) is 0 Å². The van der Waals surface area contributed by atoms with Crippen LogP contribution in [0, 0.1) is 5.92 Å². The van der Waals surface area contributed by atoms with Crippen molar-refractivity contribution in [3.8, 4) is 0 Å². The SMILES string of the molecule is CC(C)C(O)CNc1cnn(CCO)c(=O)c1Br. The molecule has 0 amide bonds. The van der Waals surface area contributed by atoms with Gasteiger partial charge in [-0.25, -0.2) is 4.68 Å². The summed E-state index contributed by atoms with van der Waals surface area (Å²) in [6.45, 7) is 4.20. The van der Waals surface area contributed by atoms with Gasteiger partial charge >= 0.3 is 0 Å². The van der Waals surface area contributed by atoms with E-state index in [-0.39, 0.29) is 24.6 Å². The Morgan fingerprint density at radius 2 is 2.22 bits per heavy atom. The van der Waals surface area contributed by atoms with Crippen LogP contribution in [0.2, 0.25) is 0 Å². The molecule has 0 fully saturated rings. The Morgan fingerprint density at radius 1 is 1.56 bits per heavy atom. The molecular formula is C11H18BrN3O3. The van der Waals surface area contributed by atoms with Gasteiger partial charge in [-0.2, -0.15) is 5.10 Å². The molecule has 0 radical (unpaired) electrons. The average Bonchev–Trinajstić information content (AvgIpc) is 2.33. The van der Waals surface area contributed by atoms with Crippen molar-refractivity contribution in [3.05, 3.63) is 21.0 Å². The number of nitrogens with zero attached hydrogens (tertiary/aromatic N) is 2. The molecule has 0 saturated carbocycles. The third-order valence-electron chi connectivity index (χ3n) is 2.57. The first kappa shape index (κ1) is 15.1. The van der Waals surface area contributed by atoms with Gasteiger partial charge in [0.25, 0.3) is 5.56 Å². The third kappa shape index (κ3) is 3.79. The van der Waals surface area contributed by atoms with Gasteiger partial charge in [0, 0.05) is 6.54 Å².